The Kier molecular flexibility index (Phi) is 3.13. The molecule has 0 saturated heterocycles. The van der Waals surface area contributed by atoms with Crippen LogP contribution in [0.4, 0.5) is 0 Å². The molecule has 2 heteroatoms. The Morgan fingerprint density at radius 1 is 0.833 bits per heavy atom. The molecule has 0 aliphatic rings. The summed E-state index contributed by atoms with van der Waals surface area (Å²) in [5, 5.41) is 2.11. The standard InChI is InChI=1S/C16H12S2/c1-2-14-9-10-16(18-14)13-7-5-12(6-8-13)15-4-3-11-17-15/h2-11H,1H2. The summed E-state index contributed by atoms with van der Waals surface area (Å²) < 4.78 is 0. The van der Waals surface area contributed by atoms with E-state index in [1.807, 2.05) is 6.08 Å². The van der Waals surface area contributed by atoms with E-state index in [0.717, 1.165) is 0 Å². The van der Waals surface area contributed by atoms with Gasteiger partial charge in [-0.2, -0.15) is 0 Å². The number of rotatable bonds is 3. The molecule has 0 radical (unpaired) electrons. The van der Waals surface area contributed by atoms with Gasteiger partial charge in [0, 0.05) is 14.6 Å². The molecule has 3 aromatic rings. The maximum atomic E-state index is 3.80. The lowest BCUT2D eigenvalue weighted by Gasteiger charge is -2.00. The molecule has 0 fully saturated rings. The van der Waals surface area contributed by atoms with Gasteiger partial charge in [0.05, 0.1) is 0 Å². The molecule has 0 N–H and O–H groups in total. The molecule has 2 heterocycles. The van der Waals surface area contributed by atoms with Crippen LogP contribution in [0, 0.1) is 0 Å². The Labute approximate surface area is 115 Å². The fraction of sp³-hybridized carbons (Fsp3) is 0. The average Bonchev–Trinajstić information content (AvgIpc) is 3.10. The van der Waals surface area contributed by atoms with Gasteiger partial charge in [0.2, 0.25) is 0 Å². The summed E-state index contributed by atoms with van der Waals surface area (Å²) in [5.74, 6) is 0. The van der Waals surface area contributed by atoms with Gasteiger partial charge in [-0.1, -0.05) is 43.0 Å². The first-order valence-electron chi connectivity index (χ1n) is 5.73. The maximum absolute atomic E-state index is 3.80. The fourth-order valence-corrected chi connectivity index (χ4v) is 3.46. The summed E-state index contributed by atoms with van der Waals surface area (Å²) in [6.07, 6.45) is 1.90. The zero-order valence-corrected chi connectivity index (χ0v) is 11.4. The second kappa shape index (κ2) is 4.92. The van der Waals surface area contributed by atoms with E-state index in [2.05, 4.69) is 60.5 Å². The highest BCUT2D eigenvalue weighted by Gasteiger charge is 2.02. The first-order valence-corrected chi connectivity index (χ1v) is 7.43. The van der Waals surface area contributed by atoms with Crippen molar-refractivity contribution in [1.29, 1.82) is 0 Å². The van der Waals surface area contributed by atoms with Crippen molar-refractivity contribution in [3.63, 3.8) is 0 Å². The van der Waals surface area contributed by atoms with Crippen LogP contribution in [0.15, 0.2) is 60.5 Å². The summed E-state index contributed by atoms with van der Waals surface area (Å²) in [5.41, 5.74) is 2.56. The Morgan fingerprint density at radius 3 is 2.11 bits per heavy atom. The first-order chi connectivity index (χ1) is 8.86. The Morgan fingerprint density at radius 2 is 1.56 bits per heavy atom. The molecule has 0 aliphatic heterocycles. The van der Waals surface area contributed by atoms with Crippen LogP contribution in [-0.2, 0) is 0 Å². The molecule has 1 aromatic carbocycles. The molecule has 0 unspecified atom stereocenters. The third kappa shape index (κ3) is 2.17. The summed E-state index contributed by atoms with van der Waals surface area (Å²) >= 11 is 3.55. The summed E-state index contributed by atoms with van der Waals surface area (Å²) in [7, 11) is 0. The summed E-state index contributed by atoms with van der Waals surface area (Å²) in [6, 6.07) is 17.3. The van der Waals surface area contributed by atoms with E-state index < -0.39 is 0 Å². The first kappa shape index (κ1) is 11.5. The number of hydrogen-bond acceptors (Lipinski definition) is 2. The maximum Gasteiger partial charge on any atom is 0.0349 e. The van der Waals surface area contributed by atoms with E-state index in [-0.39, 0.29) is 0 Å². The molecule has 0 bridgehead atoms. The van der Waals surface area contributed by atoms with Gasteiger partial charge in [0.15, 0.2) is 0 Å². The number of thiophene rings is 2. The largest absolute Gasteiger partial charge is 0.144 e. The van der Waals surface area contributed by atoms with E-state index in [1.54, 1.807) is 22.7 Å². The van der Waals surface area contributed by atoms with Gasteiger partial charge < -0.3 is 0 Å². The van der Waals surface area contributed by atoms with Crippen molar-refractivity contribution < 1.29 is 0 Å². The molecule has 18 heavy (non-hydrogen) atoms. The Bertz CT molecular complexity index is 643. The number of hydrogen-bond donors (Lipinski definition) is 0. The van der Waals surface area contributed by atoms with Crippen molar-refractivity contribution in [1.82, 2.24) is 0 Å². The highest BCUT2D eigenvalue weighted by Crippen LogP contribution is 2.31. The van der Waals surface area contributed by atoms with Crippen LogP contribution in [0.1, 0.15) is 4.88 Å². The van der Waals surface area contributed by atoms with Crippen molar-refractivity contribution in [3.05, 3.63) is 65.4 Å². The number of benzene rings is 1. The van der Waals surface area contributed by atoms with E-state index in [9.17, 15) is 0 Å². The van der Waals surface area contributed by atoms with E-state index >= 15 is 0 Å². The lowest BCUT2D eigenvalue weighted by Crippen LogP contribution is -1.74. The van der Waals surface area contributed by atoms with E-state index in [4.69, 9.17) is 0 Å². The zero-order valence-electron chi connectivity index (χ0n) is 9.80. The summed E-state index contributed by atoms with van der Waals surface area (Å²) in [4.78, 5) is 3.83. The SMILES string of the molecule is C=Cc1ccc(-c2ccc(-c3cccs3)cc2)s1. The highest BCUT2D eigenvalue weighted by molar-refractivity contribution is 7.16. The Hall–Kier alpha value is -1.64. The smallest absolute Gasteiger partial charge is 0.0349 e. The van der Waals surface area contributed by atoms with Crippen LogP contribution in [0.3, 0.4) is 0 Å². The molecular weight excluding hydrogens is 256 g/mol. The van der Waals surface area contributed by atoms with Crippen molar-refractivity contribution in [2.24, 2.45) is 0 Å². The normalized spacial score (nSPS) is 10.4. The van der Waals surface area contributed by atoms with Gasteiger partial charge in [-0.3, -0.25) is 0 Å². The van der Waals surface area contributed by atoms with Gasteiger partial charge >= 0.3 is 0 Å². The minimum Gasteiger partial charge on any atom is -0.144 e. The predicted molar refractivity (Wildman–Crippen MR) is 83.2 cm³/mol. The second-order valence-corrected chi connectivity index (χ2v) is 6.02. The monoisotopic (exact) mass is 268 g/mol. The van der Waals surface area contributed by atoms with Crippen LogP contribution < -0.4 is 0 Å². The van der Waals surface area contributed by atoms with Crippen molar-refractivity contribution in [2.45, 2.75) is 0 Å². The van der Waals surface area contributed by atoms with Crippen molar-refractivity contribution >= 4 is 28.7 Å². The quantitative estimate of drug-likeness (QED) is 0.564. The molecule has 0 aliphatic carbocycles. The van der Waals surface area contributed by atoms with Crippen LogP contribution in [0.25, 0.3) is 27.0 Å². The lowest BCUT2D eigenvalue weighted by atomic mass is 10.1. The second-order valence-electron chi connectivity index (χ2n) is 3.96. The van der Waals surface area contributed by atoms with E-state index in [1.165, 1.54) is 25.8 Å². The van der Waals surface area contributed by atoms with Crippen molar-refractivity contribution in [2.75, 3.05) is 0 Å². The van der Waals surface area contributed by atoms with Crippen molar-refractivity contribution in [3.8, 4) is 20.9 Å². The molecule has 0 saturated carbocycles. The minimum absolute atomic E-state index is 1.22. The van der Waals surface area contributed by atoms with Gasteiger partial charge in [0.1, 0.15) is 0 Å². The van der Waals surface area contributed by atoms with Crippen LogP contribution in [0.2, 0.25) is 0 Å². The molecule has 0 atom stereocenters. The topological polar surface area (TPSA) is 0 Å². The molecule has 0 nitrogen and oxygen atoms in total. The van der Waals surface area contributed by atoms with Gasteiger partial charge in [0.25, 0.3) is 0 Å². The lowest BCUT2D eigenvalue weighted by molar-refractivity contribution is 1.69. The molecule has 88 valence electrons. The molecule has 0 amide bonds. The van der Waals surface area contributed by atoms with Gasteiger partial charge in [-0.15, -0.1) is 22.7 Å². The van der Waals surface area contributed by atoms with E-state index in [0.29, 0.717) is 0 Å². The zero-order chi connectivity index (χ0) is 12.4. The van der Waals surface area contributed by atoms with Gasteiger partial charge in [-0.05, 0) is 34.7 Å². The molecule has 0 spiro atoms. The molecule has 2 aromatic heterocycles. The van der Waals surface area contributed by atoms with Crippen LogP contribution in [0.5, 0.6) is 0 Å². The Balaban J connectivity index is 1.93. The average molecular weight is 268 g/mol. The predicted octanol–water partition coefficient (Wildman–Crippen LogP) is 5.79. The van der Waals surface area contributed by atoms with Crippen LogP contribution in [-0.4, -0.2) is 0 Å². The minimum atomic E-state index is 1.22. The third-order valence-corrected chi connectivity index (χ3v) is 4.85. The fourth-order valence-electron chi connectivity index (χ4n) is 1.86. The van der Waals surface area contributed by atoms with Crippen LogP contribution >= 0.6 is 22.7 Å². The molecule has 3 rings (SSSR count). The van der Waals surface area contributed by atoms with Gasteiger partial charge in [-0.25, -0.2) is 0 Å². The molecular formula is C16H12S2. The third-order valence-electron chi connectivity index (χ3n) is 2.80. The summed E-state index contributed by atoms with van der Waals surface area (Å²) in [6.45, 7) is 3.80. The highest BCUT2D eigenvalue weighted by atomic mass is 32.1.